The minimum Gasteiger partial charge on any atom is -0.375 e. The number of hydrogen-bond donors (Lipinski definition) is 0. The summed E-state index contributed by atoms with van der Waals surface area (Å²) >= 11 is 0. The van der Waals surface area contributed by atoms with Gasteiger partial charge in [-0.05, 0) is 81.5 Å². The molecule has 30 heavy (non-hydrogen) atoms. The van der Waals surface area contributed by atoms with E-state index in [0.29, 0.717) is 11.8 Å². The normalized spacial score (nSPS) is 23.7. The van der Waals surface area contributed by atoms with Crippen LogP contribution in [-0.4, -0.2) is 46.2 Å². The fourth-order valence-electron chi connectivity index (χ4n) is 4.93. The third-order valence-corrected chi connectivity index (χ3v) is 7.19. The molecule has 3 heterocycles. The Hall–Kier alpha value is -2.21. The highest BCUT2D eigenvalue weighted by Crippen LogP contribution is 2.41. The van der Waals surface area contributed by atoms with Crippen LogP contribution in [0.1, 0.15) is 77.6 Å². The molecule has 1 atom stereocenters. The van der Waals surface area contributed by atoms with Gasteiger partial charge in [0.25, 0.3) is 5.91 Å². The van der Waals surface area contributed by atoms with Crippen molar-refractivity contribution >= 4 is 5.91 Å². The lowest BCUT2D eigenvalue weighted by Gasteiger charge is -2.46. The van der Waals surface area contributed by atoms with Gasteiger partial charge < -0.3 is 14.2 Å². The van der Waals surface area contributed by atoms with Crippen LogP contribution in [0, 0.1) is 19.8 Å². The van der Waals surface area contributed by atoms with E-state index in [-0.39, 0.29) is 11.5 Å². The Bertz CT molecular complexity index is 926. The topological polar surface area (TPSA) is 68.5 Å². The van der Waals surface area contributed by atoms with Gasteiger partial charge >= 0.3 is 0 Å². The Labute approximate surface area is 178 Å². The molecule has 2 aliphatic heterocycles. The smallest absolute Gasteiger partial charge is 0.253 e. The average molecular weight is 410 g/mol. The number of amides is 1. The number of rotatable bonds is 4. The van der Waals surface area contributed by atoms with Crippen molar-refractivity contribution in [3.63, 3.8) is 0 Å². The molecule has 1 aliphatic carbocycles. The maximum atomic E-state index is 13.0. The van der Waals surface area contributed by atoms with E-state index >= 15 is 0 Å². The Morgan fingerprint density at radius 1 is 1.17 bits per heavy atom. The molecule has 5 rings (SSSR count). The van der Waals surface area contributed by atoms with E-state index in [9.17, 15) is 4.79 Å². The minimum atomic E-state index is -0.105. The average Bonchev–Trinajstić information content (AvgIpc) is 3.50. The second-order valence-electron chi connectivity index (χ2n) is 9.51. The largest absolute Gasteiger partial charge is 0.375 e. The summed E-state index contributed by atoms with van der Waals surface area (Å²) in [5.41, 5.74) is 3.07. The monoisotopic (exact) mass is 409 g/mol. The summed E-state index contributed by atoms with van der Waals surface area (Å²) in [6, 6.07) is 5.99. The van der Waals surface area contributed by atoms with E-state index in [1.807, 2.05) is 23.1 Å². The number of aryl methyl sites for hydroxylation is 2. The van der Waals surface area contributed by atoms with Crippen molar-refractivity contribution in [2.45, 2.75) is 70.3 Å². The van der Waals surface area contributed by atoms with Crippen molar-refractivity contribution in [3.8, 4) is 0 Å². The van der Waals surface area contributed by atoms with E-state index in [1.54, 1.807) is 0 Å². The van der Waals surface area contributed by atoms with Gasteiger partial charge in [-0.15, -0.1) is 0 Å². The fourth-order valence-corrected chi connectivity index (χ4v) is 4.93. The van der Waals surface area contributed by atoms with Crippen molar-refractivity contribution in [2.24, 2.45) is 5.92 Å². The molecule has 0 radical (unpaired) electrons. The van der Waals surface area contributed by atoms with E-state index in [0.717, 1.165) is 69.1 Å². The Balaban J connectivity index is 1.19. The van der Waals surface area contributed by atoms with Crippen LogP contribution in [0.5, 0.6) is 0 Å². The van der Waals surface area contributed by atoms with Gasteiger partial charge in [0.15, 0.2) is 5.82 Å². The first-order chi connectivity index (χ1) is 14.5. The van der Waals surface area contributed by atoms with Crippen molar-refractivity contribution < 1.29 is 14.1 Å². The minimum absolute atomic E-state index is 0.105. The van der Waals surface area contributed by atoms with E-state index < -0.39 is 0 Å². The van der Waals surface area contributed by atoms with E-state index in [1.165, 1.54) is 24.0 Å². The first kappa shape index (κ1) is 19.7. The lowest BCUT2D eigenvalue weighted by Crippen LogP contribution is -2.51. The van der Waals surface area contributed by atoms with Gasteiger partial charge in [-0.2, -0.15) is 4.98 Å². The van der Waals surface area contributed by atoms with Crippen LogP contribution in [-0.2, 0) is 11.2 Å². The summed E-state index contributed by atoms with van der Waals surface area (Å²) in [5, 5.41) is 4.21. The summed E-state index contributed by atoms with van der Waals surface area (Å²) in [4.78, 5) is 19.6. The highest BCUT2D eigenvalue weighted by atomic mass is 16.5. The predicted molar refractivity (Wildman–Crippen MR) is 112 cm³/mol. The Kier molecular flexibility index (Phi) is 5.13. The lowest BCUT2D eigenvalue weighted by molar-refractivity contribution is -0.123. The molecule has 1 unspecified atom stereocenters. The molecule has 2 aromatic rings. The van der Waals surface area contributed by atoms with E-state index in [4.69, 9.17) is 9.26 Å². The molecule has 0 N–H and O–H groups in total. The Morgan fingerprint density at radius 2 is 1.97 bits per heavy atom. The summed E-state index contributed by atoms with van der Waals surface area (Å²) in [6.45, 7) is 6.43. The molecule has 1 aromatic carbocycles. The maximum absolute atomic E-state index is 13.0. The number of likely N-dealkylation sites (tertiary alicyclic amines) is 1. The second-order valence-corrected chi connectivity index (χ2v) is 9.51. The number of aromatic nitrogens is 2. The number of hydrogen-bond acceptors (Lipinski definition) is 5. The number of ether oxygens (including phenoxy) is 1. The van der Waals surface area contributed by atoms with Crippen LogP contribution in [0.15, 0.2) is 22.7 Å². The summed E-state index contributed by atoms with van der Waals surface area (Å²) in [6.07, 6.45) is 7.09. The highest BCUT2D eigenvalue weighted by molar-refractivity contribution is 5.94. The SMILES string of the molecule is Cc1ccc(C(=O)N2CCC3(CC2)CC(Cc2noc(C4CC4)n2)CCO3)cc1C. The molecule has 1 aromatic heterocycles. The van der Waals surface area contributed by atoms with Crippen LogP contribution in [0.2, 0.25) is 0 Å². The maximum Gasteiger partial charge on any atom is 0.253 e. The van der Waals surface area contributed by atoms with Crippen LogP contribution >= 0.6 is 0 Å². The zero-order valence-electron chi connectivity index (χ0n) is 18.0. The first-order valence-electron chi connectivity index (χ1n) is 11.3. The second kappa shape index (κ2) is 7.80. The molecule has 6 heteroatoms. The van der Waals surface area contributed by atoms with E-state index in [2.05, 4.69) is 24.0 Å². The molecular formula is C24H31N3O3. The Morgan fingerprint density at radius 3 is 2.70 bits per heavy atom. The predicted octanol–water partition coefficient (Wildman–Crippen LogP) is 4.21. The molecule has 3 aliphatic rings. The fraction of sp³-hybridized carbons (Fsp3) is 0.625. The highest BCUT2D eigenvalue weighted by Gasteiger charge is 2.41. The number of carbonyl (C=O) groups excluding carboxylic acids is 1. The van der Waals surface area contributed by atoms with Gasteiger partial charge in [-0.3, -0.25) is 4.79 Å². The van der Waals surface area contributed by atoms with Crippen molar-refractivity contribution in [2.75, 3.05) is 19.7 Å². The molecular weight excluding hydrogens is 378 g/mol. The third kappa shape index (κ3) is 4.02. The molecule has 6 nitrogen and oxygen atoms in total. The van der Waals surface area contributed by atoms with Crippen molar-refractivity contribution in [1.29, 1.82) is 0 Å². The molecule has 1 saturated carbocycles. The van der Waals surface area contributed by atoms with Crippen molar-refractivity contribution in [3.05, 3.63) is 46.6 Å². The molecule has 1 amide bonds. The third-order valence-electron chi connectivity index (χ3n) is 7.19. The molecule has 2 saturated heterocycles. The molecule has 0 bridgehead atoms. The molecule has 3 fully saturated rings. The summed E-state index contributed by atoms with van der Waals surface area (Å²) < 4.78 is 11.7. The lowest BCUT2D eigenvalue weighted by atomic mass is 9.78. The van der Waals surface area contributed by atoms with Crippen LogP contribution in [0.3, 0.4) is 0 Å². The first-order valence-corrected chi connectivity index (χ1v) is 11.3. The van der Waals surface area contributed by atoms with Crippen LogP contribution in [0.25, 0.3) is 0 Å². The number of carbonyl (C=O) groups is 1. The molecule has 160 valence electrons. The summed E-state index contributed by atoms with van der Waals surface area (Å²) in [7, 11) is 0. The number of benzene rings is 1. The standard InChI is InChI=1S/C24H31N3O3/c1-16-3-4-20(13-17(16)2)23(28)27-10-8-24(9-11-27)15-18(7-12-29-24)14-21-25-22(30-26-21)19-5-6-19/h3-4,13,18-19H,5-12,14-15H2,1-2H3. The van der Waals surface area contributed by atoms with Gasteiger partial charge in [0.05, 0.1) is 5.60 Å². The van der Waals surface area contributed by atoms with Gasteiger partial charge in [-0.1, -0.05) is 11.2 Å². The van der Waals surface area contributed by atoms with Crippen molar-refractivity contribution in [1.82, 2.24) is 15.0 Å². The number of piperidine rings is 1. The van der Waals surface area contributed by atoms with Crippen LogP contribution in [0.4, 0.5) is 0 Å². The van der Waals surface area contributed by atoms with Crippen LogP contribution < -0.4 is 0 Å². The van der Waals surface area contributed by atoms with Gasteiger partial charge in [-0.25, -0.2) is 0 Å². The van der Waals surface area contributed by atoms with Gasteiger partial charge in [0.2, 0.25) is 5.89 Å². The summed E-state index contributed by atoms with van der Waals surface area (Å²) in [5.74, 6) is 2.84. The van der Waals surface area contributed by atoms with Gasteiger partial charge in [0, 0.05) is 37.6 Å². The molecule has 1 spiro atoms. The number of nitrogens with zero attached hydrogens (tertiary/aromatic N) is 3. The zero-order chi connectivity index (χ0) is 20.7. The quantitative estimate of drug-likeness (QED) is 0.757. The zero-order valence-corrected chi connectivity index (χ0v) is 18.0. The van der Waals surface area contributed by atoms with Gasteiger partial charge in [0.1, 0.15) is 0 Å².